The summed E-state index contributed by atoms with van der Waals surface area (Å²) in [5, 5.41) is 10.3. The summed E-state index contributed by atoms with van der Waals surface area (Å²) in [4.78, 5) is 27.1. The molecule has 1 aromatic heterocycles. The number of amides is 1. The van der Waals surface area contributed by atoms with Gasteiger partial charge < -0.3 is 15.0 Å². The monoisotopic (exact) mass is 330 g/mol. The Morgan fingerprint density at radius 3 is 2.83 bits per heavy atom. The third kappa shape index (κ3) is 3.14. The molecule has 1 aromatic carbocycles. The van der Waals surface area contributed by atoms with Crippen LogP contribution in [0.15, 0.2) is 42.6 Å². The number of hydrogen-bond donors (Lipinski definition) is 2. The molecule has 0 spiro atoms. The van der Waals surface area contributed by atoms with Crippen LogP contribution in [0.25, 0.3) is 16.5 Å². The normalized spacial score (nSPS) is 15.2. The number of aromatic nitrogens is 1. The van der Waals surface area contributed by atoms with Gasteiger partial charge in [0.2, 0.25) is 5.91 Å². The van der Waals surface area contributed by atoms with Crippen LogP contribution in [0.4, 0.5) is 0 Å². The molecule has 1 aliphatic heterocycles. The van der Waals surface area contributed by atoms with Crippen molar-refractivity contribution < 1.29 is 14.7 Å². The first-order valence-electron chi connectivity index (χ1n) is 7.21. The van der Waals surface area contributed by atoms with Crippen LogP contribution in [-0.4, -0.2) is 40.0 Å². The third-order valence-electron chi connectivity index (χ3n) is 3.90. The van der Waals surface area contributed by atoms with Crippen molar-refractivity contribution in [1.82, 2.24) is 9.88 Å². The minimum Gasteiger partial charge on any atom is -0.478 e. The van der Waals surface area contributed by atoms with Gasteiger partial charge in [-0.15, -0.1) is 0 Å². The number of carboxylic acid groups (broad SMARTS) is 1. The fraction of sp³-hybridized carbons (Fsp3) is 0.176. The quantitative estimate of drug-likeness (QED) is 0.849. The maximum Gasteiger partial charge on any atom is 0.328 e. The minimum absolute atomic E-state index is 0.287. The summed E-state index contributed by atoms with van der Waals surface area (Å²) >= 11 is 6.18. The molecule has 2 heterocycles. The number of carbonyl (C=O) groups is 2. The molecule has 6 heteroatoms. The number of para-hydroxylation sites is 1. The highest BCUT2D eigenvalue weighted by Gasteiger charge is 2.18. The molecule has 0 saturated heterocycles. The molecule has 5 nitrogen and oxygen atoms in total. The number of carbonyl (C=O) groups excluding carboxylic acids is 1. The SMILES string of the molecule is O=C(O)/C=C/C(=O)N1CC=C(c2c[nH]c3c(Cl)cccc23)CC1. The Kier molecular flexibility index (Phi) is 4.21. The van der Waals surface area contributed by atoms with Gasteiger partial charge >= 0.3 is 5.97 Å². The summed E-state index contributed by atoms with van der Waals surface area (Å²) in [6, 6.07) is 5.77. The molecule has 1 aliphatic rings. The Bertz CT molecular complexity index is 835. The van der Waals surface area contributed by atoms with Gasteiger partial charge in [0.05, 0.1) is 10.5 Å². The summed E-state index contributed by atoms with van der Waals surface area (Å²) in [7, 11) is 0. The molecule has 0 saturated carbocycles. The van der Waals surface area contributed by atoms with Crippen molar-refractivity contribution in [2.24, 2.45) is 0 Å². The van der Waals surface area contributed by atoms with Crippen LogP contribution >= 0.6 is 11.6 Å². The van der Waals surface area contributed by atoms with Gasteiger partial charge in [0.15, 0.2) is 0 Å². The summed E-state index contributed by atoms with van der Waals surface area (Å²) in [5.74, 6) is -1.41. The van der Waals surface area contributed by atoms with E-state index < -0.39 is 5.97 Å². The number of halogens is 1. The van der Waals surface area contributed by atoms with Gasteiger partial charge in [-0.25, -0.2) is 4.79 Å². The molecule has 0 fully saturated rings. The first kappa shape index (κ1) is 15.4. The molecule has 0 unspecified atom stereocenters. The standard InChI is InChI=1S/C17H15ClN2O3/c18-14-3-1-2-12-13(10-19-17(12)14)11-6-8-20(9-7-11)15(21)4-5-16(22)23/h1-6,10,19H,7-9H2,(H,22,23)/b5-4+. The van der Waals surface area contributed by atoms with Crippen LogP contribution in [0.1, 0.15) is 12.0 Å². The predicted molar refractivity (Wildman–Crippen MR) is 89.3 cm³/mol. The fourth-order valence-electron chi connectivity index (χ4n) is 2.74. The van der Waals surface area contributed by atoms with E-state index in [4.69, 9.17) is 16.7 Å². The minimum atomic E-state index is -1.12. The van der Waals surface area contributed by atoms with Crippen molar-refractivity contribution in [2.45, 2.75) is 6.42 Å². The molecular formula is C17H15ClN2O3. The summed E-state index contributed by atoms with van der Waals surface area (Å²) in [6.45, 7) is 1.02. The highest BCUT2D eigenvalue weighted by atomic mass is 35.5. The van der Waals surface area contributed by atoms with Crippen molar-refractivity contribution in [3.8, 4) is 0 Å². The highest BCUT2D eigenvalue weighted by Crippen LogP contribution is 2.32. The fourth-order valence-corrected chi connectivity index (χ4v) is 2.97. The highest BCUT2D eigenvalue weighted by molar-refractivity contribution is 6.35. The number of aromatic amines is 1. The molecule has 118 valence electrons. The molecule has 0 atom stereocenters. The first-order valence-corrected chi connectivity index (χ1v) is 7.59. The lowest BCUT2D eigenvalue weighted by molar-refractivity contribution is -0.132. The van der Waals surface area contributed by atoms with E-state index >= 15 is 0 Å². The lowest BCUT2D eigenvalue weighted by Gasteiger charge is -2.25. The van der Waals surface area contributed by atoms with Gasteiger partial charge in [0.1, 0.15) is 0 Å². The van der Waals surface area contributed by atoms with Crippen LogP contribution in [-0.2, 0) is 9.59 Å². The molecular weight excluding hydrogens is 316 g/mol. The Balaban J connectivity index is 1.80. The molecule has 23 heavy (non-hydrogen) atoms. The first-order chi connectivity index (χ1) is 11.1. The van der Waals surface area contributed by atoms with Gasteiger partial charge in [0.25, 0.3) is 0 Å². The number of rotatable bonds is 3. The molecule has 0 bridgehead atoms. The van der Waals surface area contributed by atoms with Crippen LogP contribution in [0, 0.1) is 0 Å². The second-order valence-corrected chi connectivity index (χ2v) is 5.71. The van der Waals surface area contributed by atoms with Gasteiger partial charge in [0, 0.05) is 42.4 Å². The van der Waals surface area contributed by atoms with Crippen molar-refractivity contribution in [2.75, 3.05) is 13.1 Å². The predicted octanol–water partition coefficient (Wildman–Crippen LogP) is 3.08. The average Bonchev–Trinajstić information content (AvgIpc) is 2.98. The topological polar surface area (TPSA) is 73.4 Å². The van der Waals surface area contributed by atoms with E-state index in [2.05, 4.69) is 4.98 Å². The van der Waals surface area contributed by atoms with Crippen LogP contribution < -0.4 is 0 Å². The number of carboxylic acids is 1. The smallest absolute Gasteiger partial charge is 0.328 e. The summed E-state index contributed by atoms with van der Waals surface area (Å²) in [5.41, 5.74) is 3.16. The zero-order valence-electron chi connectivity index (χ0n) is 12.3. The Hall–Kier alpha value is -2.53. The Labute approximate surface area is 137 Å². The molecule has 1 amide bonds. The number of nitrogens with zero attached hydrogens (tertiary/aromatic N) is 1. The van der Waals surface area contributed by atoms with Crippen molar-refractivity contribution in [3.05, 3.63) is 53.2 Å². The third-order valence-corrected chi connectivity index (χ3v) is 4.21. The number of fused-ring (bicyclic) bond motifs is 1. The van der Waals surface area contributed by atoms with E-state index in [-0.39, 0.29) is 5.91 Å². The number of nitrogens with one attached hydrogen (secondary N) is 1. The van der Waals surface area contributed by atoms with Crippen LogP contribution in [0.5, 0.6) is 0 Å². The average molecular weight is 331 g/mol. The Morgan fingerprint density at radius 2 is 2.13 bits per heavy atom. The lowest BCUT2D eigenvalue weighted by Crippen LogP contribution is -2.33. The van der Waals surface area contributed by atoms with E-state index in [9.17, 15) is 9.59 Å². The van der Waals surface area contributed by atoms with Gasteiger partial charge in [-0.2, -0.15) is 0 Å². The van der Waals surface area contributed by atoms with Gasteiger partial charge in [-0.1, -0.05) is 29.8 Å². The van der Waals surface area contributed by atoms with E-state index in [1.165, 1.54) is 0 Å². The molecule has 0 radical (unpaired) electrons. The lowest BCUT2D eigenvalue weighted by atomic mass is 9.99. The number of H-pyrrole nitrogens is 1. The maximum absolute atomic E-state index is 11.9. The van der Waals surface area contributed by atoms with Crippen molar-refractivity contribution in [3.63, 3.8) is 0 Å². The van der Waals surface area contributed by atoms with Crippen molar-refractivity contribution in [1.29, 1.82) is 0 Å². The molecule has 2 aromatic rings. The molecule has 0 aliphatic carbocycles. The van der Waals surface area contributed by atoms with Crippen LogP contribution in [0.2, 0.25) is 5.02 Å². The van der Waals surface area contributed by atoms with Crippen LogP contribution in [0.3, 0.4) is 0 Å². The molecule has 2 N–H and O–H groups in total. The van der Waals surface area contributed by atoms with E-state index in [1.807, 2.05) is 30.5 Å². The van der Waals surface area contributed by atoms with E-state index in [0.29, 0.717) is 24.5 Å². The Morgan fingerprint density at radius 1 is 1.30 bits per heavy atom. The van der Waals surface area contributed by atoms with E-state index in [1.54, 1.807) is 4.90 Å². The number of benzene rings is 1. The van der Waals surface area contributed by atoms with Gasteiger partial charge in [-0.05, 0) is 18.1 Å². The van der Waals surface area contributed by atoms with Crippen molar-refractivity contribution >= 4 is 40.0 Å². The summed E-state index contributed by atoms with van der Waals surface area (Å²) < 4.78 is 0. The van der Waals surface area contributed by atoms with E-state index in [0.717, 1.165) is 34.2 Å². The molecule has 3 rings (SSSR count). The maximum atomic E-state index is 11.9. The number of hydrogen-bond acceptors (Lipinski definition) is 2. The number of aliphatic carboxylic acids is 1. The zero-order valence-corrected chi connectivity index (χ0v) is 13.0. The summed E-state index contributed by atoms with van der Waals surface area (Å²) in [6.07, 6.45) is 6.60. The second kappa shape index (κ2) is 6.30. The second-order valence-electron chi connectivity index (χ2n) is 5.30. The zero-order chi connectivity index (χ0) is 16.4. The largest absolute Gasteiger partial charge is 0.478 e. The van der Waals surface area contributed by atoms with Gasteiger partial charge in [-0.3, -0.25) is 4.79 Å².